The van der Waals surface area contributed by atoms with Gasteiger partial charge in [0.2, 0.25) is 5.91 Å². The molecule has 3 aromatic rings. The number of hydrogen-bond donors (Lipinski definition) is 2. The van der Waals surface area contributed by atoms with E-state index in [1.807, 2.05) is 39.2 Å². The van der Waals surface area contributed by atoms with Crippen LogP contribution in [0.4, 0.5) is 11.4 Å². The summed E-state index contributed by atoms with van der Waals surface area (Å²) < 4.78 is 0. The number of aromatic nitrogens is 2. The molecule has 0 unspecified atom stereocenters. The van der Waals surface area contributed by atoms with Crippen molar-refractivity contribution >= 4 is 50.6 Å². The highest BCUT2D eigenvalue weighted by Gasteiger charge is 2.19. The van der Waals surface area contributed by atoms with Crippen LogP contribution in [0.15, 0.2) is 23.0 Å². The number of nitrogens with zero attached hydrogens (tertiary/aromatic N) is 2. The zero-order valence-electron chi connectivity index (χ0n) is 18.2. The van der Waals surface area contributed by atoms with Crippen molar-refractivity contribution in [2.45, 2.75) is 44.8 Å². The largest absolute Gasteiger partial charge is 0.377 e. The first kappa shape index (κ1) is 21.9. The lowest BCUT2D eigenvalue weighted by molar-refractivity contribution is -0.115. The van der Waals surface area contributed by atoms with Gasteiger partial charge in [0.25, 0.3) is 5.56 Å². The van der Waals surface area contributed by atoms with Gasteiger partial charge < -0.3 is 15.2 Å². The third-order valence-corrected chi connectivity index (χ3v) is 7.70. The highest BCUT2D eigenvalue weighted by atomic mass is 32.2. The molecule has 1 aromatic carbocycles. The SMILES string of the molecule is Cc1cc(NC(=O)CCSCc2nc3sc4c(c3c(=O)[nH]2)CCCC4)ccc1N(C)C. The first-order chi connectivity index (χ1) is 14.9. The summed E-state index contributed by atoms with van der Waals surface area (Å²) in [7, 11) is 4.01. The first-order valence-corrected chi connectivity index (χ1v) is 12.6. The van der Waals surface area contributed by atoms with E-state index in [-0.39, 0.29) is 11.5 Å². The Labute approximate surface area is 190 Å². The molecule has 0 spiro atoms. The zero-order chi connectivity index (χ0) is 22.0. The van der Waals surface area contributed by atoms with E-state index >= 15 is 0 Å². The molecule has 8 heteroatoms. The molecule has 0 atom stereocenters. The molecule has 2 N–H and O–H groups in total. The van der Waals surface area contributed by atoms with Crippen LogP contribution in [0.1, 0.15) is 41.1 Å². The molecule has 164 valence electrons. The fourth-order valence-corrected chi connectivity index (χ4v) is 6.15. The number of thioether (sulfide) groups is 1. The van der Waals surface area contributed by atoms with Gasteiger partial charge in [-0.3, -0.25) is 9.59 Å². The summed E-state index contributed by atoms with van der Waals surface area (Å²) in [6, 6.07) is 5.93. The topological polar surface area (TPSA) is 78.1 Å². The minimum absolute atomic E-state index is 0.00709. The number of carbonyl (C=O) groups is 1. The van der Waals surface area contributed by atoms with E-state index in [9.17, 15) is 9.59 Å². The van der Waals surface area contributed by atoms with Gasteiger partial charge in [0.1, 0.15) is 10.7 Å². The minimum atomic E-state index is -0.0192. The van der Waals surface area contributed by atoms with Crippen LogP contribution in [0.25, 0.3) is 10.2 Å². The number of carbonyl (C=O) groups excluding carboxylic acids is 1. The number of anilines is 2. The molecule has 1 aliphatic rings. The second-order valence-electron chi connectivity index (χ2n) is 8.15. The summed E-state index contributed by atoms with van der Waals surface area (Å²) in [5.41, 5.74) is 4.27. The van der Waals surface area contributed by atoms with Crippen molar-refractivity contribution in [1.29, 1.82) is 0 Å². The summed E-state index contributed by atoms with van der Waals surface area (Å²) in [6.07, 6.45) is 4.81. The fraction of sp³-hybridized carbons (Fsp3) is 0.435. The van der Waals surface area contributed by atoms with E-state index in [0.717, 1.165) is 46.4 Å². The average Bonchev–Trinajstić information content (AvgIpc) is 3.10. The van der Waals surface area contributed by atoms with Crippen LogP contribution in [-0.4, -0.2) is 35.7 Å². The molecule has 0 bridgehead atoms. The summed E-state index contributed by atoms with van der Waals surface area (Å²) in [5.74, 6) is 1.95. The first-order valence-electron chi connectivity index (χ1n) is 10.6. The molecule has 31 heavy (non-hydrogen) atoms. The second kappa shape index (κ2) is 9.44. The number of rotatable bonds is 7. The molecule has 6 nitrogen and oxygen atoms in total. The van der Waals surface area contributed by atoms with E-state index in [2.05, 4.69) is 15.2 Å². The van der Waals surface area contributed by atoms with Gasteiger partial charge in [0.15, 0.2) is 0 Å². The number of benzene rings is 1. The van der Waals surface area contributed by atoms with Gasteiger partial charge in [0, 0.05) is 42.5 Å². The lowest BCUT2D eigenvalue weighted by atomic mass is 9.97. The standard InChI is InChI=1S/C23H28N4O2S2/c1-14-12-15(8-9-17(14)27(2)3)24-20(28)10-11-30-13-19-25-22(29)21-16-6-4-5-7-18(16)31-23(21)26-19/h8-9,12H,4-7,10-11,13H2,1-3H3,(H,24,28)(H,25,26,29). The van der Waals surface area contributed by atoms with Crippen LogP contribution in [0.3, 0.4) is 0 Å². The van der Waals surface area contributed by atoms with Gasteiger partial charge in [-0.2, -0.15) is 11.8 Å². The maximum atomic E-state index is 12.6. The second-order valence-corrected chi connectivity index (χ2v) is 10.3. The van der Waals surface area contributed by atoms with Crippen molar-refractivity contribution in [2.75, 3.05) is 30.1 Å². The quantitative estimate of drug-likeness (QED) is 0.512. The Hall–Kier alpha value is -2.32. The molecular formula is C23H28N4O2S2. The van der Waals surface area contributed by atoms with Crippen LogP contribution in [0.2, 0.25) is 0 Å². The normalized spacial score (nSPS) is 13.3. The lowest BCUT2D eigenvalue weighted by Crippen LogP contribution is -2.14. The van der Waals surface area contributed by atoms with Crippen molar-refractivity contribution in [3.8, 4) is 0 Å². The van der Waals surface area contributed by atoms with Gasteiger partial charge in [-0.25, -0.2) is 4.98 Å². The fourth-order valence-electron chi connectivity index (χ4n) is 4.07. The smallest absolute Gasteiger partial charge is 0.259 e. The molecule has 4 rings (SSSR count). The maximum Gasteiger partial charge on any atom is 0.259 e. The number of aromatic amines is 1. The van der Waals surface area contributed by atoms with Gasteiger partial charge in [-0.15, -0.1) is 11.3 Å². The van der Waals surface area contributed by atoms with E-state index in [1.54, 1.807) is 23.1 Å². The molecule has 0 saturated heterocycles. The van der Waals surface area contributed by atoms with Crippen molar-refractivity contribution in [3.63, 3.8) is 0 Å². The van der Waals surface area contributed by atoms with Crippen molar-refractivity contribution < 1.29 is 4.79 Å². The Morgan fingerprint density at radius 3 is 2.87 bits per heavy atom. The predicted octanol–water partition coefficient (Wildman–Crippen LogP) is 4.50. The highest BCUT2D eigenvalue weighted by molar-refractivity contribution is 7.98. The molecule has 0 saturated carbocycles. The Balaban J connectivity index is 1.30. The number of hydrogen-bond acceptors (Lipinski definition) is 6. The van der Waals surface area contributed by atoms with Crippen LogP contribution in [-0.2, 0) is 23.4 Å². The third kappa shape index (κ3) is 4.96. The number of amides is 1. The summed E-state index contributed by atoms with van der Waals surface area (Å²) in [6.45, 7) is 2.04. The monoisotopic (exact) mass is 456 g/mol. The highest BCUT2D eigenvalue weighted by Crippen LogP contribution is 2.33. The number of thiophene rings is 1. The zero-order valence-corrected chi connectivity index (χ0v) is 19.8. The third-order valence-electron chi connectivity index (χ3n) is 5.55. The number of fused-ring (bicyclic) bond motifs is 3. The predicted molar refractivity (Wildman–Crippen MR) is 132 cm³/mol. The molecule has 0 radical (unpaired) electrons. The molecule has 1 amide bonds. The maximum absolute atomic E-state index is 12.6. The van der Waals surface area contributed by atoms with Crippen LogP contribution < -0.4 is 15.8 Å². The van der Waals surface area contributed by atoms with Crippen LogP contribution in [0, 0.1) is 6.92 Å². The van der Waals surface area contributed by atoms with E-state index in [0.29, 0.717) is 23.8 Å². The lowest BCUT2D eigenvalue weighted by Gasteiger charge is -2.16. The van der Waals surface area contributed by atoms with E-state index in [4.69, 9.17) is 4.98 Å². The minimum Gasteiger partial charge on any atom is -0.377 e. The molecule has 1 aliphatic carbocycles. The summed E-state index contributed by atoms with van der Waals surface area (Å²) >= 11 is 3.28. The van der Waals surface area contributed by atoms with Gasteiger partial charge in [0.05, 0.1) is 11.1 Å². The number of aryl methyl sites for hydroxylation is 3. The Bertz CT molecular complexity index is 1170. The molecule has 2 heterocycles. The van der Waals surface area contributed by atoms with Crippen molar-refractivity contribution in [1.82, 2.24) is 9.97 Å². The molecule has 0 fully saturated rings. The molecule has 2 aromatic heterocycles. The number of H-pyrrole nitrogens is 1. The Kier molecular flexibility index (Phi) is 6.67. The van der Waals surface area contributed by atoms with Gasteiger partial charge >= 0.3 is 0 Å². The van der Waals surface area contributed by atoms with Crippen molar-refractivity contribution in [2.24, 2.45) is 0 Å². The van der Waals surface area contributed by atoms with E-state index in [1.165, 1.54) is 16.9 Å². The van der Waals surface area contributed by atoms with Crippen LogP contribution >= 0.6 is 23.1 Å². The van der Waals surface area contributed by atoms with Crippen LogP contribution in [0.5, 0.6) is 0 Å². The van der Waals surface area contributed by atoms with Gasteiger partial charge in [-0.05, 0) is 61.9 Å². The molecule has 0 aliphatic heterocycles. The average molecular weight is 457 g/mol. The number of nitrogens with one attached hydrogen (secondary N) is 2. The van der Waals surface area contributed by atoms with Gasteiger partial charge in [-0.1, -0.05) is 0 Å². The Morgan fingerprint density at radius 2 is 2.10 bits per heavy atom. The molecular weight excluding hydrogens is 428 g/mol. The van der Waals surface area contributed by atoms with E-state index < -0.39 is 0 Å². The Morgan fingerprint density at radius 1 is 1.29 bits per heavy atom. The summed E-state index contributed by atoms with van der Waals surface area (Å²) in [5, 5.41) is 3.76. The summed E-state index contributed by atoms with van der Waals surface area (Å²) in [4.78, 5) is 36.8. The van der Waals surface area contributed by atoms with Crippen molar-refractivity contribution in [3.05, 3.63) is 50.4 Å².